The van der Waals surface area contributed by atoms with Crippen LogP contribution < -0.4 is 0 Å². The van der Waals surface area contributed by atoms with Crippen molar-refractivity contribution in [1.82, 2.24) is 0 Å². The lowest BCUT2D eigenvalue weighted by Crippen LogP contribution is -1.76. The second-order valence-corrected chi connectivity index (χ2v) is 6.05. The zero-order chi connectivity index (χ0) is 9.42. The molecule has 0 aliphatic carbocycles. The number of rotatable bonds is 1. The molecule has 0 N–H and O–H groups in total. The van der Waals surface area contributed by atoms with Crippen LogP contribution in [0.25, 0.3) is 10.1 Å². The largest absolute Gasteiger partial charge is 0.207 e. The molecule has 0 atom stereocenters. The first kappa shape index (κ1) is 9.86. The summed E-state index contributed by atoms with van der Waals surface area (Å²) in [5.41, 5.74) is 1.26. The lowest BCUT2D eigenvalue weighted by atomic mass is 10.2. The maximum atomic E-state index is 12.9. The molecule has 0 amide bonds. The summed E-state index contributed by atoms with van der Waals surface area (Å²) in [6.45, 7) is 0. The van der Waals surface area contributed by atoms with E-state index in [1.807, 2.05) is 6.07 Å². The quantitative estimate of drug-likeness (QED) is 0.510. The van der Waals surface area contributed by atoms with E-state index in [0.29, 0.717) is 0 Å². The molecule has 13 heavy (non-hydrogen) atoms. The maximum absolute atomic E-state index is 12.9. The summed E-state index contributed by atoms with van der Waals surface area (Å²) in [6, 6.07) is 4.95. The van der Waals surface area contributed by atoms with Crippen LogP contribution in [-0.2, 0) is 5.33 Å². The van der Waals surface area contributed by atoms with Gasteiger partial charge in [0.25, 0.3) is 0 Å². The molecule has 4 heteroatoms. The second kappa shape index (κ2) is 3.82. The molecular weight excluding hydrogens is 366 g/mol. The van der Waals surface area contributed by atoms with E-state index in [9.17, 15) is 4.39 Å². The zero-order valence-corrected chi connectivity index (χ0v) is 11.0. The Morgan fingerprint density at radius 3 is 2.92 bits per heavy atom. The van der Waals surface area contributed by atoms with E-state index in [0.717, 1.165) is 15.4 Å². The molecule has 2 aromatic rings. The van der Waals surface area contributed by atoms with Crippen molar-refractivity contribution in [2.24, 2.45) is 0 Å². The van der Waals surface area contributed by atoms with Crippen molar-refractivity contribution in [3.8, 4) is 0 Å². The lowest BCUT2D eigenvalue weighted by Gasteiger charge is -1.93. The minimum atomic E-state index is -0.161. The molecule has 0 radical (unpaired) electrons. The Balaban J connectivity index is 2.79. The van der Waals surface area contributed by atoms with Gasteiger partial charge in [0.2, 0.25) is 0 Å². The van der Waals surface area contributed by atoms with Crippen LogP contribution in [0.5, 0.6) is 0 Å². The fourth-order valence-corrected chi connectivity index (χ4v) is 4.67. The molecule has 1 aromatic carbocycles. The highest BCUT2D eigenvalue weighted by Gasteiger charge is 2.08. The number of thiophene rings is 1. The number of benzene rings is 1. The molecule has 0 aliphatic rings. The normalized spacial score (nSPS) is 11.0. The maximum Gasteiger partial charge on any atom is 0.124 e. The Bertz CT molecular complexity index is 452. The van der Waals surface area contributed by atoms with Crippen molar-refractivity contribution in [1.29, 1.82) is 0 Å². The number of alkyl halides is 1. The molecule has 0 spiro atoms. The van der Waals surface area contributed by atoms with Crippen molar-refractivity contribution in [3.05, 3.63) is 32.5 Å². The van der Waals surface area contributed by atoms with Crippen molar-refractivity contribution in [2.75, 3.05) is 0 Å². The molecule has 0 fully saturated rings. The Kier molecular flexibility index (Phi) is 2.90. The number of hydrogen-bond donors (Lipinski definition) is 0. The van der Waals surface area contributed by atoms with Crippen molar-refractivity contribution in [3.63, 3.8) is 0 Å². The highest BCUT2D eigenvalue weighted by atomic mass is 127. The smallest absolute Gasteiger partial charge is 0.124 e. The lowest BCUT2D eigenvalue weighted by molar-refractivity contribution is 0.630. The highest BCUT2D eigenvalue weighted by molar-refractivity contribution is 14.1. The van der Waals surface area contributed by atoms with Crippen LogP contribution in [-0.4, -0.2) is 0 Å². The van der Waals surface area contributed by atoms with Gasteiger partial charge in [-0.1, -0.05) is 22.0 Å². The third-order valence-electron chi connectivity index (χ3n) is 1.84. The minimum absolute atomic E-state index is 0.161. The van der Waals surface area contributed by atoms with Crippen LogP contribution in [0, 0.1) is 8.70 Å². The average Bonchev–Trinajstić information content (AvgIpc) is 2.39. The summed E-state index contributed by atoms with van der Waals surface area (Å²) in [5, 5.41) is 1.99. The predicted molar refractivity (Wildman–Crippen MR) is 67.1 cm³/mol. The average molecular weight is 371 g/mol. The number of halogens is 3. The monoisotopic (exact) mass is 370 g/mol. The van der Waals surface area contributed by atoms with Gasteiger partial charge < -0.3 is 0 Å². The molecule has 0 aliphatic heterocycles. The summed E-state index contributed by atoms with van der Waals surface area (Å²) < 4.78 is 15.1. The van der Waals surface area contributed by atoms with Gasteiger partial charge >= 0.3 is 0 Å². The van der Waals surface area contributed by atoms with Gasteiger partial charge in [0.05, 0.1) is 2.88 Å². The van der Waals surface area contributed by atoms with E-state index in [1.165, 1.54) is 14.5 Å². The van der Waals surface area contributed by atoms with Crippen LogP contribution in [0.3, 0.4) is 0 Å². The minimum Gasteiger partial charge on any atom is -0.207 e. The Morgan fingerprint density at radius 1 is 1.46 bits per heavy atom. The van der Waals surface area contributed by atoms with Gasteiger partial charge in [-0.2, -0.15) is 0 Å². The molecule has 0 saturated heterocycles. The first-order valence-corrected chi connectivity index (χ1v) is 6.66. The van der Waals surface area contributed by atoms with E-state index < -0.39 is 0 Å². The molecule has 68 valence electrons. The predicted octanol–water partition coefficient (Wildman–Crippen LogP) is 4.54. The molecule has 1 aromatic heterocycles. The SMILES string of the molecule is Fc1ccc2c(CBr)c(I)sc2c1. The van der Waals surface area contributed by atoms with Crippen LogP contribution in [0.15, 0.2) is 18.2 Å². The van der Waals surface area contributed by atoms with Gasteiger partial charge in [-0.25, -0.2) is 4.39 Å². The number of fused-ring (bicyclic) bond motifs is 1. The van der Waals surface area contributed by atoms with Crippen LogP contribution in [0.2, 0.25) is 0 Å². The fourth-order valence-electron chi connectivity index (χ4n) is 1.22. The summed E-state index contributed by atoms with van der Waals surface area (Å²) in [5.74, 6) is -0.161. The Hall–Kier alpha value is 0.320. The van der Waals surface area contributed by atoms with Gasteiger partial charge in [-0.05, 0) is 45.7 Å². The molecule has 0 nitrogen and oxygen atoms in total. The molecule has 0 saturated carbocycles. The van der Waals surface area contributed by atoms with Crippen molar-refractivity contribution >= 4 is 59.9 Å². The first-order valence-electron chi connectivity index (χ1n) is 3.65. The van der Waals surface area contributed by atoms with E-state index in [4.69, 9.17) is 0 Å². The molecular formula is C9H5BrFIS. The molecule has 0 unspecified atom stereocenters. The summed E-state index contributed by atoms with van der Waals surface area (Å²) in [6.07, 6.45) is 0. The van der Waals surface area contributed by atoms with Gasteiger partial charge in [0.15, 0.2) is 0 Å². The van der Waals surface area contributed by atoms with E-state index in [2.05, 4.69) is 38.5 Å². The van der Waals surface area contributed by atoms with E-state index in [-0.39, 0.29) is 5.82 Å². The third kappa shape index (κ3) is 1.76. The van der Waals surface area contributed by atoms with Gasteiger partial charge in [-0.15, -0.1) is 11.3 Å². The van der Waals surface area contributed by atoms with Crippen LogP contribution in [0.4, 0.5) is 4.39 Å². The van der Waals surface area contributed by atoms with E-state index >= 15 is 0 Å². The van der Waals surface area contributed by atoms with Crippen molar-refractivity contribution < 1.29 is 4.39 Å². The van der Waals surface area contributed by atoms with Gasteiger partial charge in [0, 0.05) is 10.0 Å². The third-order valence-corrected chi connectivity index (χ3v) is 4.69. The fraction of sp³-hybridized carbons (Fsp3) is 0.111. The summed E-state index contributed by atoms with van der Waals surface area (Å²) in [4.78, 5) is 0. The highest BCUT2D eigenvalue weighted by Crippen LogP contribution is 2.34. The van der Waals surface area contributed by atoms with E-state index in [1.54, 1.807) is 17.4 Å². The Morgan fingerprint density at radius 2 is 2.23 bits per heavy atom. The van der Waals surface area contributed by atoms with Crippen LogP contribution >= 0.6 is 49.9 Å². The molecule has 2 rings (SSSR count). The molecule has 0 bridgehead atoms. The Labute approximate surface area is 101 Å². The summed E-state index contributed by atoms with van der Waals surface area (Å²) >= 11 is 7.36. The summed E-state index contributed by atoms with van der Waals surface area (Å²) in [7, 11) is 0. The molecule has 1 heterocycles. The van der Waals surface area contributed by atoms with Crippen molar-refractivity contribution in [2.45, 2.75) is 5.33 Å². The van der Waals surface area contributed by atoms with Gasteiger partial charge in [0.1, 0.15) is 5.82 Å². The zero-order valence-electron chi connectivity index (χ0n) is 6.48. The van der Waals surface area contributed by atoms with Gasteiger partial charge in [-0.3, -0.25) is 0 Å². The standard InChI is InChI=1S/C9H5BrFIS/c10-4-7-6-2-1-5(11)3-8(6)13-9(7)12/h1-3H,4H2. The second-order valence-electron chi connectivity index (χ2n) is 2.63. The van der Waals surface area contributed by atoms with Crippen LogP contribution in [0.1, 0.15) is 5.56 Å². The topological polar surface area (TPSA) is 0 Å². The first-order chi connectivity index (χ1) is 6.22. The number of hydrogen-bond acceptors (Lipinski definition) is 1.